The number of para-hydroxylation sites is 1. The Hall–Kier alpha value is -1.06. The molecule has 92 valence electrons. The number of benzene rings is 1. The van der Waals surface area contributed by atoms with Crippen LogP contribution in [0.3, 0.4) is 0 Å². The normalized spacial score (nSPS) is 25.1. The summed E-state index contributed by atoms with van der Waals surface area (Å²) in [5.74, 6) is 0. The molecule has 1 saturated heterocycles. The number of nitrogens with zero attached hydrogens (tertiary/aromatic N) is 1. The Balaban J connectivity index is 1.62. The molecule has 1 aromatic rings. The molecule has 1 aliphatic carbocycles. The number of nitrogens with one attached hydrogen (secondary N) is 1. The average molecular weight is 232 g/mol. The maximum absolute atomic E-state index is 9.29. The number of aliphatic hydroxyl groups is 1. The molecule has 2 N–H and O–H groups in total. The third kappa shape index (κ3) is 2.45. The van der Waals surface area contributed by atoms with Gasteiger partial charge in [-0.15, -0.1) is 0 Å². The highest BCUT2D eigenvalue weighted by molar-refractivity contribution is 5.51. The standard InChI is InChI=1S/C14H20N2O/c17-10-11-3-1-2-4-14(11)15-12-7-8-16(9-12)13-5-6-13/h1-4,12-13,15,17H,5-10H2. The molecule has 3 rings (SSSR count). The maximum atomic E-state index is 9.29. The van der Waals surface area contributed by atoms with Crippen molar-refractivity contribution in [1.29, 1.82) is 0 Å². The maximum Gasteiger partial charge on any atom is 0.0701 e. The molecule has 1 saturated carbocycles. The van der Waals surface area contributed by atoms with Crippen LogP contribution >= 0.6 is 0 Å². The summed E-state index contributed by atoms with van der Waals surface area (Å²) in [4.78, 5) is 2.60. The zero-order valence-electron chi connectivity index (χ0n) is 10.1. The van der Waals surface area contributed by atoms with Crippen LogP contribution in [0.2, 0.25) is 0 Å². The van der Waals surface area contributed by atoms with E-state index in [0.717, 1.165) is 23.8 Å². The Kier molecular flexibility index (Phi) is 3.04. The highest BCUT2D eigenvalue weighted by Crippen LogP contribution is 2.30. The Morgan fingerprint density at radius 3 is 2.82 bits per heavy atom. The first-order valence-corrected chi connectivity index (χ1v) is 6.56. The second-order valence-corrected chi connectivity index (χ2v) is 5.17. The number of hydrogen-bond donors (Lipinski definition) is 2. The SMILES string of the molecule is OCc1ccccc1NC1CCN(C2CC2)C1. The predicted molar refractivity (Wildman–Crippen MR) is 69.0 cm³/mol. The van der Waals surface area contributed by atoms with E-state index in [9.17, 15) is 5.11 Å². The van der Waals surface area contributed by atoms with E-state index in [1.807, 2.05) is 18.2 Å². The quantitative estimate of drug-likeness (QED) is 0.831. The van der Waals surface area contributed by atoms with Crippen molar-refractivity contribution < 1.29 is 5.11 Å². The second-order valence-electron chi connectivity index (χ2n) is 5.17. The molecular weight excluding hydrogens is 212 g/mol. The van der Waals surface area contributed by atoms with E-state index in [0.29, 0.717) is 6.04 Å². The van der Waals surface area contributed by atoms with E-state index < -0.39 is 0 Å². The molecule has 1 unspecified atom stereocenters. The molecule has 1 aliphatic heterocycles. The van der Waals surface area contributed by atoms with Gasteiger partial charge in [-0.1, -0.05) is 18.2 Å². The molecule has 3 nitrogen and oxygen atoms in total. The number of likely N-dealkylation sites (tertiary alicyclic amines) is 1. The number of aliphatic hydroxyl groups excluding tert-OH is 1. The monoisotopic (exact) mass is 232 g/mol. The lowest BCUT2D eigenvalue weighted by Crippen LogP contribution is -2.28. The number of rotatable bonds is 4. The highest BCUT2D eigenvalue weighted by atomic mass is 16.3. The Labute approximate surface area is 102 Å². The summed E-state index contributed by atoms with van der Waals surface area (Å²) in [6, 6.07) is 9.45. The summed E-state index contributed by atoms with van der Waals surface area (Å²) in [6.07, 6.45) is 4.00. The van der Waals surface area contributed by atoms with Crippen LogP contribution < -0.4 is 5.32 Å². The first-order chi connectivity index (χ1) is 8.36. The Morgan fingerprint density at radius 2 is 2.06 bits per heavy atom. The summed E-state index contributed by atoms with van der Waals surface area (Å²) < 4.78 is 0. The van der Waals surface area contributed by atoms with E-state index in [2.05, 4.69) is 16.3 Å². The molecule has 0 radical (unpaired) electrons. The fourth-order valence-corrected chi connectivity index (χ4v) is 2.70. The molecule has 17 heavy (non-hydrogen) atoms. The van der Waals surface area contributed by atoms with Gasteiger partial charge in [0.05, 0.1) is 6.61 Å². The molecular formula is C14H20N2O. The molecule has 0 aromatic heterocycles. The fourth-order valence-electron chi connectivity index (χ4n) is 2.70. The van der Waals surface area contributed by atoms with Gasteiger partial charge in [-0.3, -0.25) is 4.90 Å². The van der Waals surface area contributed by atoms with Gasteiger partial charge in [0.2, 0.25) is 0 Å². The van der Waals surface area contributed by atoms with Gasteiger partial charge in [0.25, 0.3) is 0 Å². The van der Waals surface area contributed by atoms with E-state index in [4.69, 9.17) is 0 Å². The van der Waals surface area contributed by atoms with Crippen molar-refractivity contribution in [3.63, 3.8) is 0 Å². The van der Waals surface area contributed by atoms with Crippen molar-refractivity contribution in [2.75, 3.05) is 18.4 Å². The van der Waals surface area contributed by atoms with Crippen molar-refractivity contribution in [3.8, 4) is 0 Å². The van der Waals surface area contributed by atoms with Crippen LogP contribution in [0.15, 0.2) is 24.3 Å². The van der Waals surface area contributed by atoms with Gasteiger partial charge in [-0.25, -0.2) is 0 Å². The van der Waals surface area contributed by atoms with Crippen molar-refractivity contribution in [2.45, 2.75) is 38.0 Å². The molecule has 1 heterocycles. The zero-order chi connectivity index (χ0) is 11.7. The topological polar surface area (TPSA) is 35.5 Å². The highest BCUT2D eigenvalue weighted by Gasteiger charge is 2.34. The molecule has 1 aromatic carbocycles. The lowest BCUT2D eigenvalue weighted by atomic mass is 10.1. The molecule has 3 heteroatoms. The van der Waals surface area contributed by atoms with Crippen LogP contribution in [-0.2, 0) is 6.61 Å². The molecule has 1 atom stereocenters. The number of anilines is 1. The van der Waals surface area contributed by atoms with Gasteiger partial charge in [-0.2, -0.15) is 0 Å². The third-order valence-corrected chi connectivity index (χ3v) is 3.83. The predicted octanol–water partition coefficient (Wildman–Crippen LogP) is 1.83. The van der Waals surface area contributed by atoms with E-state index in [1.54, 1.807) is 0 Å². The van der Waals surface area contributed by atoms with Gasteiger partial charge in [0.1, 0.15) is 0 Å². The molecule has 0 amide bonds. The van der Waals surface area contributed by atoms with Crippen LogP contribution in [0.25, 0.3) is 0 Å². The van der Waals surface area contributed by atoms with Crippen molar-refractivity contribution in [2.24, 2.45) is 0 Å². The summed E-state index contributed by atoms with van der Waals surface area (Å²) >= 11 is 0. The van der Waals surface area contributed by atoms with E-state index in [1.165, 1.54) is 25.8 Å². The van der Waals surface area contributed by atoms with Crippen molar-refractivity contribution >= 4 is 5.69 Å². The summed E-state index contributed by atoms with van der Waals surface area (Å²) in [6.45, 7) is 2.50. The minimum atomic E-state index is 0.113. The largest absolute Gasteiger partial charge is 0.392 e. The molecule has 2 aliphatic rings. The second kappa shape index (κ2) is 4.67. The van der Waals surface area contributed by atoms with Crippen molar-refractivity contribution in [1.82, 2.24) is 4.90 Å². The first kappa shape index (κ1) is 11.1. The summed E-state index contributed by atoms with van der Waals surface area (Å²) in [5, 5.41) is 12.9. The fraction of sp³-hybridized carbons (Fsp3) is 0.571. The van der Waals surface area contributed by atoms with Crippen LogP contribution in [0.1, 0.15) is 24.8 Å². The van der Waals surface area contributed by atoms with E-state index >= 15 is 0 Å². The van der Waals surface area contributed by atoms with Gasteiger partial charge in [0.15, 0.2) is 0 Å². The average Bonchev–Trinajstić information content (AvgIpc) is 3.11. The summed E-state index contributed by atoms with van der Waals surface area (Å²) in [5.41, 5.74) is 2.09. The zero-order valence-corrected chi connectivity index (χ0v) is 10.1. The van der Waals surface area contributed by atoms with Gasteiger partial charge < -0.3 is 10.4 Å². The van der Waals surface area contributed by atoms with Gasteiger partial charge in [0, 0.05) is 36.4 Å². The third-order valence-electron chi connectivity index (χ3n) is 3.83. The first-order valence-electron chi connectivity index (χ1n) is 6.56. The van der Waals surface area contributed by atoms with Crippen molar-refractivity contribution in [3.05, 3.63) is 29.8 Å². The van der Waals surface area contributed by atoms with Gasteiger partial charge >= 0.3 is 0 Å². The Bertz CT molecular complexity index is 390. The number of hydrogen-bond acceptors (Lipinski definition) is 3. The smallest absolute Gasteiger partial charge is 0.0701 e. The van der Waals surface area contributed by atoms with Crippen LogP contribution in [0, 0.1) is 0 Å². The minimum Gasteiger partial charge on any atom is -0.392 e. The Morgan fingerprint density at radius 1 is 1.24 bits per heavy atom. The summed E-state index contributed by atoms with van der Waals surface area (Å²) in [7, 11) is 0. The van der Waals surface area contributed by atoms with Crippen LogP contribution in [-0.4, -0.2) is 35.2 Å². The lowest BCUT2D eigenvalue weighted by Gasteiger charge is -2.18. The lowest BCUT2D eigenvalue weighted by molar-refractivity contribution is 0.282. The molecule has 2 fully saturated rings. The molecule has 0 spiro atoms. The minimum absolute atomic E-state index is 0.113. The van der Waals surface area contributed by atoms with Gasteiger partial charge in [-0.05, 0) is 25.3 Å². The molecule has 0 bridgehead atoms. The van der Waals surface area contributed by atoms with Crippen LogP contribution in [0.4, 0.5) is 5.69 Å². The van der Waals surface area contributed by atoms with Crippen LogP contribution in [0.5, 0.6) is 0 Å². The van der Waals surface area contributed by atoms with E-state index in [-0.39, 0.29) is 6.61 Å².